The zero-order chi connectivity index (χ0) is 33.6. The van der Waals surface area contributed by atoms with Crippen molar-refractivity contribution < 1.29 is 38.6 Å². The maximum absolute atomic E-state index is 13.8. The maximum Gasteiger partial charge on any atom is 0.339 e. The van der Waals surface area contributed by atoms with Gasteiger partial charge in [0, 0.05) is 0 Å². The highest BCUT2D eigenvalue weighted by atomic mass is 17.2. The Hall–Kier alpha value is -3.04. The fraction of sp³-hybridized carbons (Fsp3) is 0.619. The van der Waals surface area contributed by atoms with Crippen LogP contribution in [0.5, 0.6) is 0 Å². The second-order valence-corrected chi connectivity index (χ2v) is 16.6. The maximum atomic E-state index is 13.8. The lowest BCUT2D eigenvalue weighted by atomic mass is 9.94. The Morgan fingerprint density at radius 1 is 0.440 bits per heavy atom. The summed E-state index contributed by atoms with van der Waals surface area (Å²) in [7, 11) is 0. The van der Waals surface area contributed by atoms with Crippen molar-refractivity contribution in [2.24, 2.45) is 71.0 Å². The number of carbonyl (C=O) groups excluding carboxylic acids is 2. The average molecular weight is 683 g/mol. The van der Waals surface area contributed by atoms with Crippen LogP contribution < -0.4 is 0 Å². The molecule has 8 aliphatic carbocycles. The van der Waals surface area contributed by atoms with Crippen molar-refractivity contribution >= 4 is 11.9 Å². The van der Waals surface area contributed by atoms with Gasteiger partial charge in [0.25, 0.3) is 0 Å². The molecule has 1 aromatic rings. The van der Waals surface area contributed by atoms with Crippen LogP contribution in [0.25, 0.3) is 0 Å². The van der Waals surface area contributed by atoms with Gasteiger partial charge in [0.1, 0.15) is 13.2 Å². The predicted molar refractivity (Wildman–Crippen MR) is 184 cm³/mol. The molecule has 12 atom stereocenters. The summed E-state index contributed by atoms with van der Waals surface area (Å²) in [6, 6.07) is 3.42. The van der Waals surface area contributed by atoms with Crippen molar-refractivity contribution in [1.29, 1.82) is 0 Å². The van der Waals surface area contributed by atoms with E-state index in [-0.39, 0.29) is 24.3 Å². The number of ether oxygens (including phenoxy) is 2. The summed E-state index contributed by atoms with van der Waals surface area (Å²) in [6.07, 6.45) is 27.3. The Morgan fingerprint density at radius 2 is 0.780 bits per heavy atom. The lowest BCUT2D eigenvalue weighted by Crippen LogP contribution is -2.22. The van der Waals surface area contributed by atoms with E-state index in [0.717, 1.165) is 38.5 Å². The summed E-state index contributed by atoms with van der Waals surface area (Å²) in [5.74, 6) is 4.98. The van der Waals surface area contributed by atoms with Gasteiger partial charge in [0.15, 0.2) is 0 Å². The molecule has 0 radical (unpaired) electrons. The van der Waals surface area contributed by atoms with E-state index in [0.29, 0.717) is 109 Å². The first kappa shape index (κ1) is 32.8. The Labute approximate surface area is 295 Å². The first-order valence-corrected chi connectivity index (χ1v) is 19.2. The molecule has 0 spiro atoms. The standard InChI is InChI=1S/C42H50O8/c43-41(45-19-33-13-25-1-5-29(33)9-25)39-17-37(23-49-47-21-35-15-27-3-7-31(35)11-27)38(24-50-48-22-36-16-28-4-8-32(36)12-28)18-40(39)42(44)46-20-34-14-26-2-6-30(34)10-26/h1-8,17-18,25-36H,9-16,19-24H2. The number of fused-ring (bicyclic) bond motifs is 8. The molecule has 8 aliphatic rings. The topological polar surface area (TPSA) is 89.5 Å². The fourth-order valence-corrected chi connectivity index (χ4v) is 10.6. The number of allylic oxidation sites excluding steroid dienone is 8. The van der Waals surface area contributed by atoms with E-state index in [9.17, 15) is 9.59 Å². The summed E-state index contributed by atoms with van der Waals surface area (Å²) in [6.45, 7) is 1.90. The molecule has 0 amide bonds. The number of esters is 2. The molecular formula is C42H50O8. The van der Waals surface area contributed by atoms with Gasteiger partial charge in [-0.3, -0.25) is 0 Å². The second kappa shape index (κ2) is 14.2. The van der Waals surface area contributed by atoms with Crippen molar-refractivity contribution in [3.63, 3.8) is 0 Å². The summed E-state index contributed by atoms with van der Waals surface area (Å²) in [4.78, 5) is 50.7. The van der Waals surface area contributed by atoms with Crippen LogP contribution in [0.2, 0.25) is 0 Å². The monoisotopic (exact) mass is 682 g/mol. The number of hydrogen-bond donors (Lipinski definition) is 0. The van der Waals surface area contributed by atoms with Crippen LogP contribution in [0.3, 0.4) is 0 Å². The molecule has 8 heteroatoms. The zero-order valence-corrected chi connectivity index (χ0v) is 28.9. The van der Waals surface area contributed by atoms with Gasteiger partial charge in [-0.1, -0.05) is 48.6 Å². The molecule has 4 saturated carbocycles. The van der Waals surface area contributed by atoms with Gasteiger partial charge in [-0.25, -0.2) is 29.1 Å². The molecule has 9 rings (SSSR count). The number of rotatable bonds is 16. The first-order chi connectivity index (χ1) is 24.5. The van der Waals surface area contributed by atoms with Crippen molar-refractivity contribution in [3.8, 4) is 0 Å². The van der Waals surface area contributed by atoms with Gasteiger partial charge in [-0.15, -0.1) is 0 Å². The lowest BCUT2D eigenvalue weighted by Gasteiger charge is -2.21. The smallest absolute Gasteiger partial charge is 0.339 e. The third kappa shape index (κ3) is 6.81. The average Bonchev–Trinajstić information content (AvgIpc) is 3.99. The normalized spacial score (nSPS) is 37.6. The molecule has 8 nitrogen and oxygen atoms in total. The van der Waals surface area contributed by atoms with E-state index in [4.69, 9.17) is 29.0 Å². The summed E-state index contributed by atoms with van der Waals surface area (Å²) >= 11 is 0. The van der Waals surface area contributed by atoms with E-state index in [1.165, 1.54) is 12.8 Å². The van der Waals surface area contributed by atoms with Crippen LogP contribution in [-0.2, 0) is 42.2 Å². The van der Waals surface area contributed by atoms with E-state index in [2.05, 4.69) is 48.6 Å². The second-order valence-electron chi connectivity index (χ2n) is 16.6. The van der Waals surface area contributed by atoms with Crippen LogP contribution in [0, 0.1) is 71.0 Å². The molecular weight excluding hydrogens is 632 g/mol. The first-order valence-electron chi connectivity index (χ1n) is 19.2. The van der Waals surface area contributed by atoms with Gasteiger partial charge in [-0.05, 0) is 146 Å². The highest BCUT2D eigenvalue weighted by Crippen LogP contribution is 2.46. The number of benzene rings is 1. The summed E-state index contributed by atoms with van der Waals surface area (Å²) in [5, 5.41) is 0. The molecule has 0 N–H and O–H groups in total. The van der Waals surface area contributed by atoms with Crippen molar-refractivity contribution in [2.75, 3.05) is 26.4 Å². The Morgan fingerprint density at radius 3 is 1.08 bits per heavy atom. The predicted octanol–water partition coefficient (Wildman–Crippen LogP) is 7.75. The van der Waals surface area contributed by atoms with Crippen LogP contribution in [0.4, 0.5) is 0 Å². The molecule has 4 fully saturated rings. The number of hydrogen-bond acceptors (Lipinski definition) is 8. The van der Waals surface area contributed by atoms with E-state index < -0.39 is 11.9 Å². The highest BCUT2D eigenvalue weighted by molar-refractivity contribution is 6.03. The molecule has 0 heterocycles. The molecule has 266 valence electrons. The van der Waals surface area contributed by atoms with Gasteiger partial charge in [-0.2, -0.15) is 0 Å². The minimum absolute atomic E-state index is 0.0940. The lowest BCUT2D eigenvalue weighted by molar-refractivity contribution is -0.315. The van der Waals surface area contributed by atoms with Crippen molar-refractivity contribution in [2.45, 2.75) is 64.6 Å². The van der Waals surface area contributed by atoms with Crippen LogP contribution in [-0.4, -0.2) is 38.4 Å². The molecule has 0 aromatic heterocycles. The third-order valence-corrected chi connectivity index (χ3v) is 13.5. The largest absolute Gasteiger partial charge is 0.462 e. The molecule has 0 aliphatic heterocycles. The van der Waals surface area contributed by atoms with Crippen molar-refractivity contribution in [3.05, 3.63) is 83.0 Å². The van der Waals surface area contributed by atoms with Gasteiger partial charge in [0.05, 0.1) is 37.6 Å². The summed E-state index contributed by atoms with van der Waals surface area (Å²) in [5.41, 5.74) is 1.76. The van der Waals surface area contributed by atoms with Crippen LogP contribution >= 0.6 is 0 Å². The highest BCUT2D eigenvalue weighted by Gasteiger charge is 2.39. The molecule has 8 bridgehead atoms. The Bertz CT molecular complexity index is 1460. The number of carbonyl (C=O) groups is 2. The van der Waals surface area contributed by atoms with E-state index >= 15 is 0 Å². The minimum atomic E-state index is -0.518. The van der Waals surface area contributed by atoms with E-state index in [1.54, 1.807) is 12.1 Å². The van der Waals surface area contributed by atoms with Gasteiger partial charge < -0.3 is 9.47 Å². The SMILES string of the molecule is O=C(OCC1CC2C=CC1C2)c1cc(COOCC2CC3C=CC2C3)c(COOCC2CC3C=CC2C3)cc1C(=O)OCC1CC2C=CC1C2. The van der Waals surface area contributed by atoms with Gasteiger partial charge >= 0.3 is 11.9 Å². The molecule has 1 aromatic carbocycles. The van der Waals surface area contributed by atoms with E-state index in [1.807, 2.05) is 0 Å². The Balaban J connectivity index is 0.911. The molecule has 50 heavy (non-hydrogen) atoms. The zero-order valence-electron chi connectivity index (χ0n) is 28.9. The van der Waals surface area contributed by atoms with Crippen molar-refractivity contribution in [1.82, 2.24) is 0 Å². The molecule has 12 unspecified atom stereocenters. The third-order valence-electron chi connectivity index (χ3n) is 13.5. The fourth-order valence-electron chi connectivity index (χ4n) is 10.6. The summed E-state index contributed by atoms with van der Waals surface area (Å²) < 4.78 is 11.9. The molecule has 0 saturated heterocycles. The van der Waals surface area contributed by atoms with Gasteiger partial charge in [0.2, 0.25) is 0 Å². The van der Waals surface area contributed by atoms with Crippen LogP contribution in [0.15, 0.2) is 60.7 Å². The Kier molecular flexibility index (Phi) is 9.31. The minimum Gasteiger partial charge on any atom is -0.462 e. The van der Waals surface area contributed by atoms with Crippen LogP contribution in [0.1, 0.15) is 83.2 Å². The quantitative estimate of drug-likeness (QED) is 0.0575.